The van der Waals surface area contributed by atoms with Crippen LogP contribution in [0.1, 0.15) is 20.3 Å². The van der Waals surface area contributed by atoms with Gasteiger partial charge in [-0.25, -0.2) is 0 Å². The van der Waals surface area contributed by atoms with E-state index in [0.717, 1.165) is 0 Å². The van der Waals surface area contributed by atoms with Crippen LogP contribution in [0.2, 0.25) is 0 Å². The highest BCUT2D eigenvalue weighted by atomic mass is 19.4. The molecule has 0 radical (unpaired) electrons. The van der Waals surface area contributed by atoms with Gasteiger partial charge in [0, 0.05) is 6.54 Å². The van der Waals surface area contributed by atoms with E-state index in [1.54, 1.807) is 0 Å². The minimum Gasteiger partial charge on any atom is -0.392 e. The summed E-state index contributed by atoms with van der Waals surface area (Å²) in [6.45, 7) is 2.78. The first-order chi connectivity index (χ1) is 5.81. The maximum absolute atomic E-state index is 11.6. The Kier molecular flexibility index (Phi) is 5.32. The van der Waals surface area contributed by atoms with Crippen molar-refractivity contribution in [3.8, 4) is 0 Å². The quantitative estimate of drug-likeness (QED) is 0.704. The maximum Gasteiger partial charge on any atom is 0.401 e. The lowest BCUT2D eigenvalue weighted by atomic mass is 10.1. The highest BCUT2D eigenvalue weighted by Crippen LogP contribution is 2.12. The van der Waals surface area contributed by atoms with Crippen molar-refractivity contribution in [2.24, 2.45) is 5.92 Å². The SMILES string of the molecule is CC(C)CC(O)CNCC(F)(F)F. The molecule has 0 aromatic carbocycles. The summed E-state index contributed by atoms with van der Waals surface area (Å²) < 4.78 is 34.9. The van der Waals surface area contributed by atoms with Crippen LogP contribution in [0.4, 0.5) is 13.2 Å². The number of halogens is 3. The average Bonchev–Trinajstić information content (AvgIpc) is 1.81. The van der Waals surface area contributed by atoms with Gasteiger partial charge < -0.3 is 10.4 Å². The van der Waals surface area contributed by atoms with Gasteiger partial charge in [-0.2, -0.15) is 13.2 Å². The summed E-state index contributed by atoms with van der Waals surface area (Å²) in [5.74, 6) is 0.294. The fourth-order valence-corrected chi connectivity index (χ4v) is 1.01. The molecule has 0 bridgehead atoms. The van der Waals surface area contributed by atoms with E-state index in [1.165, 1.54) is 0 Å². The highest BCUT2D eigenvalue weighted by molar-refractivity contribution is 4.63. The lowest BCUT2D eigenvalue weighted by Crippen LogP contribution is -2.35. The number of rotatable bonds is 5. The average molecular weight is 199 g/mol. The topological polar surface area (TPSA) is 32.3 Å². The molecule has 2 N–H and O–H groups in total. The van der Waals surface area contributed by atoms with Gasteiger partial charge in [-0.1, -0.05) is 13.8 Å². The van der Waals surface area contributed by atoms with Crippen LogP contribution in [0.15, 0.2) is 0 Å². The van der Waals surface area contributed by atoms with Crippen molar-refractivity contribution >= 4 is 0 Å². The van der Waals surface area contributed by atoms with Crippen LogP contribution in [0.25, 0.3) is 0 Å². The standard InChI is InChI=1S/C8H16F3NO/c1-6(2)3-7(13)4-12-5-8(9,10)11/h6-7,12-13H,3-5H2,1-2H3. The summed E-state index contributed by atoms with van der Waals surface area (Å²) in [5.41, 5.74) is 0. The largest absolute Gasteiger partial charge is 0.401 e. The molecule has 0 spiro atoms. The molecule has 0 rings (SSSR count). The molecule has 0 aliphatic rings. The monoisotopic (exact) mass is 199 g/mol. The van der Waals surface area contributed by atoms with Crippen molar-refractivity contribution in [2.75, 3.05) is 13.1 Å². The fraction of sp³-hybridized carbons (Fsp3) is 1.00. The molecule has 0 aromatic heterocycles. The van der Waals surface area contributed by atoms with Gasteiger partial charge in [-0.3, -0.25) is 0 Å². The van der Waals surface area contributed by atoms with E-state index in [0.29, 0.717) is 12.3 Å². The molecule has 0 amide bonds. The molecule has 0 fully saturated rings. The van der Waals surface area contributed by atoms with Gasteiger partial charge in [0.1, 0.15) is 0 Å². The van der Waals surface area contributed by atoms with Crippen molar-refractivity contribution in [2.45, 2.75) is 32.5 Å². The minimum absolute atomic E-state index is 0.00229. The molecule has 80 valence electrons. The number of nitrogens with one attached hydrogen (secondary N) is 1. The zero-order valence-corrected chi connectivity index (χ0v) is 7.86. The van der Waals surface area contributed by atoms with Crippen LogP contribution in [0.3, 0.4) is 0 Å². The second-order valence-corrected chi connectivity index (χ2v) is 3.53. The van der Waals surface area contributed by atoms with E-state index in [2.05, 4.69) is 5.32 Å². The van der Waals surface area contributed by atoms with Gasteiger partial charge in [0.25, 0.3) is 0 Å². The molecule has 0 heterocycles. The molecule has 0 saturated carbocycles. The zero-order valence-electron chi connectivity index (χ0n) is 7.86. The smallest absolute Gasteiger partial charge is 0.392 e. The van der Waals surface area contributed by atoms with Crippen LogP contribution in [-0.4, -0.2) is 30.5 Å². The Morgan fingerprint density at radius 2 is 1.85 bits per heavy atom. The Bertz CT molecular complexity index is 136. The molecular formula is C8H16F3NO. The second kappa shape index (κ2) is 5.44. The number of aliphatic hydroxyl groups excluding tert-OH is 1. The third kappa shape index (κ3) is 9.63. The molecule has 13 heavy (non-hydrogen) atoms. The first-order valence-electron chi connectivity index (χ1n) is 4.27. The van der Waals surface area contributed by atoms with Crippen LogP contribution >= 0.6 is 0 Å². The van der Waals surface area contributed by atoms with Crippen molar-refractivity contribution < 1.29 is 18.3 Å². The van der Waals surface area contributed by atoms with Gasteiger partial charge in [-0.15, -0.1) is 0 Å². The van der Waals surface area contributed by atoms with Crippen LogP contribution in [0.5, 0.6) is 0 Å². The predicted molar refractivity (Wildman–Crippen MR) is 44.4 cm³/mol. The van der Waals surface area contributed by atoms with Crippen LogP contribution in [0, 0.1) is 5.92 Å². The molecule has 0 saturated heterocycles. The Morgan fingerprint density at radius 3 is 2.23 bits per heavy atom. The van der Waals surface area contributed by atoms with Gasteiger partial charge >= 0.3 is 6.18 Å². The van der Waals surface area contributed by atoms with Gasteiger partial charge in [-0.05, 0) is 12.3 Å². The van der Waals surface area contributed by atoms with Crippen molar-refractivity contribution in [3.63, 3.8) is 0 Å². The summed E-state index contributed by atoms with van der Waals surface area (Å²) in [6, 6.07) is 0. The van der Waals surface area contributed by atoms with Crippen molar-refractivity contribution in [1.82, 2.24) is 5.32 Å². The zero-order chi connectivity index (χ0) is 10.5. The summed E-state index contributed by atoms with van der Waals surface area (Å²) in [4.78, 5) is 0. The van der Waals surface area contributed by atoms with Gasteiger partial charge in [0.2, 0.25) is 0 Å². The van der Waals surface area contributed by atoms with E-state index < -0.39 is 18.8 Å². The summed E-state index contributed by atoms with van der Waals surface area (Å²) in [7, 11) is 0. The molecule has 1 atom stereocenters. The normalized spacial score (nSPS) is 15.0. The number of hydrogen-bond donors (Lipinski definition) is 2. The first-order valence-corrected chi connectivity index (χ1v) is 4.27. The Hall–Kier alpha value is -0.290. The molecule has 0 aliphatic carbocycles. The van der Waals surface area contributed by atoms with Gasteiger partial charge in [0.15, 0.2) is 0 Å². The summed E-state index contributed by atoms with van der Waals surface area (Å²) in [5, 5.41) is 11.3. The Labute approximate surface area is 76.1 Å². The minimum atomic E-state index is -4.20. The lowest BCUT2D eigenvalue weighted by Gasteiger charge is -2.14. The van der Waals surface area contributed by atoms with Crippen LogP contribution < -0.4 is 5.32 Å². The second-order valence-electron chi connectivity index (χ2n) is 3.53. The number of aliphatic hydroxyl groups is 1. The summed E-state index contributed by atoms with van der Waals surface area (Å²) >= 11 is 0. The molecule has 5 heteroatoms. The Morgan fingerprint density at radius 1 is 1.31 bits per heavy atom. The fourth-order valence-electron chi connectivity index (χ4n) is 1.01. The molecular weight excluding hydrogens is 183 g/mol. The van der Waals surface area contributed by atoms with Crippen LogP contribution in [-0.2, 0) is 0 Å². The highest BCUT2D eigenvalue weighted by Gasteiger charge is 2.26. The molecule has 0 aromatic rings. The molecule has 1 unspecified atom stereocenters. The van der Waals surface area contributed by atoms with E-state index in [-0.39, 0.29) is 6.54 Å². The third-order valence-corrected chi connectivity index (χ3v) is 1.45. The molecule has 0 aliphatic heterocycles. The Balaban J connectivity index is 3.42. The van der Waals surface area contributed by atoms with Crippen molar-refractivity contribution in [3.05, 3.63) is 0 Å². The maximum atomic E-state index is 11.6. The number of alkyl halides is 3. The van der Waals surface area contributed by atoms with E-state index in [4.69, 9.17) is 0 Å². The molecule has 2 nitrogen and oxygen atoms in total. The number of hydrogen-bond acceptors (Lipinski definition) is 2. The lowest BCUT2D eigenvalue weighted by molar-refractivity contribution is -0.125. The third-order valence-electron chi connectivity index (χ3n) is 1.45. The summed E-state index contributed by atoms with van der Waals surface area (Å²) in [6.07, 6.45) is -4.37. The van der Waals surface area contributed by atoms with E-state index in [9.17, 15) is 18.3 Å². The predicted octanol–water partition coefficient (Wildman–Crippen LogP) is 1.55. The first kappa shape index (κ1) is 12.7. The van der Waals surface area contributed by atoms with Gasteiger partial charge in [0.05, 0.1) is 12.6 Å². The van der Waals surface area contributed by atoms with E-state index >= 15 is 0 Å². The van der Waals surface area contributed by atoms with Crippen molar-refractivity contribution in [1.29, 1.82) is 0 Å². The van der Waals surface area contributed by atoms with E-state index in [1.807, 2.05) is 13.8 Å².